The normalized spacial score (nSPS) is 12.4. The van der Waals surface area contributed by atoms with Crippen molar-refractivity contribution in [3.05, 3.63) is 68.2 Å². The number of hydrogen-bond donors (Lipinski definition) is 1. The molecule has 2 aromatic rings. The van der Waals surface area contributed by atoms with E-state index < -0.39 is 0 Å². The average Bonchev–Trinajstić information content (AvgIpc) is 2.41. The highest BCUT2D eigenvalue weighted by Gasteiger charge is 2.18. The fourth-order valence-electron chi connectivity index (χ4n) is 2.40. The maximum Gasteiger partial charge on any atom is 0.0468 e. The number of rotatable bonds is 5. The standard InChI is InChI=1S/C17H18Cl3N/c1-3-21-16(17-13(18)5-4-6-14(17)19)10-12-8-7-11(2)9-15(12)20/h4-9,16,21H,3,10H2,1-2H3. The van der Waals surface area contributed by atoms with Crippen LogP contribution in [-0.4, -0.2) is 6.54 Å². The maximum atomic E-state index is 6.35. The molecule has 112 valence electrons. The number of benzene rings is 2. The van der Waals surface area contributed by atoms with Crippen LogP contribution < -0.4 is 5.32 Å². The molecular formula is C17H18Cl3N. The first-order chi connectivity index (χ1) is 10.0. The largest absolute Gasteiger partial charge is 0.310 e. The lowest BCUT2D eigenvalue weighted by atomic mass is 9.98. The van der Waals surface area contributed by atoms with E-state index in [1.54, 1.807) is 0 Å². The molecule has 1 unspecified atom stereocenters. The summed E-state index contributed by atoms with van der Waals surface area (Å²) in [4.78, 5) is 0. The summed E-state index contributed by atoms with van der Waals surface area (Å²) in [5, 5.41) is 5.58. The molecule has 1 nitrogen and oxygen atoms in total. The molecule has 1 atom stereocenters. The first kappa shape index (κ1) is 16.6. The second-order valence-corrected chi connectivity index (χ2v) is 6.27. The van der Waals surface area contributed by atoms with Crippen LogP contribution in [0.3, 0.4) is 0 Å². The second-order valence-electron chi connectivity index (χ2n) is 5.04. The quantitative estimate of drug-likeness (QED) is 0.719. The maximum absolute atomic E-state index is 6.35. The van der Waals surface area contributed by atoms with Crippen LogP contribution in [0, 0.1) is 6.92 Å². The molecule has 0 aliphatic heterocycles. The van der Waals surface area contributed by atoms with Crippen LogP contribution in [-0.2, 0) is 6.42 Å². The van der Waals surface area contributed by atoms with Gasteiger partial charge in [-0.25, -0.2) is 0 Å². The lowest BCUT2D eigenvalue weighted by Crippen LogP contribution is -2.23. The van der Waals surface area contributed by atoms with Gasteiger partial charge in [-0.05, 0) is 49.2 Å². The summed E-state index contributed by atoms with van der Waals surface area (Å²) in [6, 6.07) is 11.7. The molecular weight excluding hydrogens is 325 g/mol. The van der Waals surface area contributed by atoms with Crippen LogP contribution in [0.25, 0.3) is 0 Å². The molecule has 0 bridgehead atoms. The lowest BCUT2D eigenvalue weighted by molar-refractivity contribution is 0.550. The summed E-state index contributed by atoms with van der Waals surface area (Å²) in [6.45, 7) is 4.92. The van der Waals surface area contributed by atoms with Gasteiger partial charge in [-0.1, -0.05) is 59.9 Å². The topological polar surface area (TPSA) is 12.0 Å². The van der Waals surface area contributed by atoms with Crippen molar-refractivity contribution in [3.8, 4) is 0 Å². The first-order valence-electron chi connectivity index (χ1n) is 6.95. The van der Waals surface area contributed by atoms with Crippen LogP contribution in [0.1, 0.15) is 29.7 Å². The van der Waals surface area contributed by atoms with Gasteiger partial charge in [-0.2, -0.15) is 0 Å². The zero-order chi connectivity index (χ0) is 15.4. The molecule has 2 aromatic carbocycles. The van der Waals surface area contributed by atoms with Crippen molar-refractivity contribution in [1.82, 2.24) is 5.32 Å². The van der Waals surface area contributed by atoms with Crippen molar-refractivity contribution in [2.45, 2.75) is 26.3 Å². The molecule has 0 amide bonds. The third-order valence-electron chi connectivity index (χ3n) is 3.43. The Morgan fingerprint density at radius 3 is 2.24 bits per heavy atom. The van der Waals surface area contributed by atoms with Gasteiger partial charge in [0.1, 0.15) is 0 Å². The van der Waals surface area contributed by atoms with Crippen LogP contribution >= 0.6 is 34.8 Å². The van der Waals surface area contributed by atoms with E-state index in [4.69, 9.17) is 34.8 Å². The number of hydrogen-bond acceptors (Lipinski definition) is 1. The fraction of sp³-hybridized carbons (Fsp3) is 0.294. The van der Waals surface area contributed by atoms with E-state index >= 15 is 0 Å². The van der Waals surface area contributed by atoms with E-state index in [2.05, 4.69) is 24.4 Å². The van der Waals surface area contributed by atoms with Gasteiger partial charge in [0, 0.05) is 26.7 Å². The monoisotopic (exact) mass is 341 g/mol. The van der Waals surface area contributed by atoms with Gasteiger partial charge in [0.05, 0.1) is 0 Å². The van der Waals surface area contributed by atoms with Gasteiger partial charge in [0.15, 0.2) is 0 Å². The van der Waals surface area contributed by atoms with E-state index in [1.165, 1.54) is 0 Å². The Labute approximate surface area is 141 Å². The smallest absolute Gasteiger partial charge is 0.0468 e. The molecule has 0 heterocycles. The predicted molar refractivity (Wildman–Crippen MR) is 92.8 cm³/mol. The zero-order valence-electron chi connectivity index (χ0n) is 12.1. The Bertz CT molecular complexity index is 605. The molecule has 2 rings (SSSR count). The number of halogens is 3. The third kappa shape index (κ3) is 4.14. The average molecular weight is 343 g/mol. The van der Waals surface area contributed by atoms with Crippen molar-refractivity contribution >= 4 is 34.8 Å². The van der Waals surface area contributed by atoms with Crippen molar-refractivity contribution < 1.29 is 0 Å². The van der Waals surface area contributed by atoms with Crippen LogP contribution in [0.15, 0.2) is 36.4 Å². The Hall–Kier alpha value is -0.730. The Morgan fingerprint density at radius 1 is 1.00 bits per heavy atom. The molecule has 0 radical (unpaired) electrons. The van der Waals surface area contributed by atoms with E-state index in [1.807, 2.05) is 31.2 Å². The molecule has 0 aromatic heterocycles. The van der Waals surface area contributed by atoms with Crippen molar-refractivity contribution in [2.75, 3.05) is 6.54 Å². The predicted octanol–water partition coefficient (Wildman–Crippen LogP) is 5.85. The highest BCUT2D eigenvalue weighted by molar-refractivity contribution is 6.36. The van der Waals surface area contributed by atoms with Gasteiger partial charge in [0.25, 0.3) is 0 Å². The lowest BCUT2D eigenvalue weighted by Gasteiger charge is -2.21. The Kier molecular flexibility index (Phi) is 5.95. The summed E-state index contributed by atoms with van der Waals surface area (Å²) in [5.74, 6) is 0. The molecule has 0 saturated carbocycles. The highest BCUT2D eigenvalue weighted by Crippen LogP contribution is 2.33. The molecule has 0 aliphatic carbocycles. The van der Waals surface area contributed by atoms with E-state index in [0.717, 1.165) is 34.7 Å². The molecule has 0 saturated heterocycles. The van der Waals surface area contributed by atoms with Gasteiger partial charge in [0.2, 0.25) is 0 Å². The molecule has 21 heavy (non-hydrogen) atoms. The number of likely N-dealkylation sites (N-methyl/N-ethyl adjacent to an activating group) is 1. The van der Waals surface area contributed by atoms with Gasteiger partial charge < -0.3 is 5.32 Å². The number of nitrogens with one attached hydrogen (secondary N) is 1. The Balaban J connectivity index is 2.35. The fourth-order valence-corrected chi connectivity index (χ4v) is 3.38. The summed E-state index contributed by atoms with van der Waals surface area (Å²) in [6.07, 6.45) is 0.746. The van der Waals surface area contributed by atoms with Crippen molar-refractivity contribution in [2.24, 2.45) is 0 Å². The zero-order valence-corrected chi connectivity index (χ0v) is 14.4. The molecule has 0 spiro atoms. The van der Waals surface area contributed by atoms with Crippen LogP contribution in [0.5, 0.6) is 0 Å². The van der Waals surface area contributed by atoms with E-state index in [9.17, 15) is 0 Å². The number of aryl methyl sites for hydroxylation is 1. The minimum atomic E-state index is 0.0383. The van der Waals surface area contributed by atoms with Crippen LogP contribution in [0.2, 0.25) is 15.1 Å². The van der Waals surface area contributed by atoms with Crippen molar-refractivity contribution in [3.63, 3.8) is 0 Å². The molecule has 0 aliphatic rings. The minimum absolute atomic E-state index is 0.0383. The second kappa shape index (κ2) is 7.51. The third-order valence-corrected chi connectivity index (χ3v) is 4.44. The summed E-state index contributed by atoms with van der Waals surface area (Å²) in [7, 11) is 0. The van der Waals surface area contributed by atoms with E-state index in [-0.39, 0.29) is 6.04 Å². The molecule has 4 heteroatoms. The van der Waals surface area contributed by atoms with E-state index in [0.29, 0.717) is 10.0 Å². The summed E-state index contributed by atoms with van der Waals surface area (Å²) < 4.78 is 0. The summed E-state index contributed by atoms with van der Waals surface area (Å²) >= 11 is 19.0. The molecule has 1 N–H and O–H groups in total. The first-order valence-corrected chi connectivity index (χ1v) is 8.08. The van der Waals surface area contributed by atoms with Crippen LogP contribution in [0.4, 0.5) is 0 Å². The Morgan fingerprint density at radius 2 is 1.67 bits per heavy atom. The summed E-state index contributed by atoms with van der Waals surface area (Å²) in [5.41, 5.74) is 3.17. The molecule has 0 fully saturated rings. The van der Waals surface area contributed by atoms with Crippen molar-refractivity contribution in [1.29, 1.82) is 0 Å². The van der Waals surface area contributed by atoms with Gasteiger partial charge in [-0.3, -0.25) is 0 Å². The minimum Gasteiger partial charge on any atom is -0.310 e. The van der Waals surface area contributed by atoms with Gasteiger partial charge >= 0.3 is 0 Å². The van der Waals surface area contributed by atoms with Gasteiger partial charge in [-0.15, -0.1) is 0 Å². The SMILES string of the molecule is CCNC(Cc1ccc(C)cc1Cl)c1c(Cl)cccc1Cl. The highest BCUT2D eigenvalue weighted by atomic mass is 35.5.